The van der Waals surface area contributed by atoms with Crippen molar-refractivity contribution < 1.29 is 9.59 Å². The second-order valence-corrected chi connectivity index (χ2v) is 8.57. The Balaban J connectivity index is 2.07. The Morgan fingerprint density at radius 3 is 2.79 bits per heavy atom. The van der Waals surface area contributed by atoms with Gasteiger partial charge in [0.1, 0.15) is 11.9 Å². The van der Waals surface area contributed by atoms with Gasteiger partial charge in [0.2, 0.25) is 5.91 Å². The topological polar surface area (TPSA) is 52.7 Å². The molecule has 28 heavy (non-hydrogen) atoms. The molecule has 2 atom stereocenters. The molecule has 0 saturated carbocycles. The number of aryl methyl sites for hydroxylation is 1. The van der Waals surface area contributed by atoms with E-state index < -0.39 is 6.04 Å². The Morgan fingerprint density at radius 1 is 1.39 bits per heavy atom. The first kappa shape index (κ1) is 21.1. The molecule has 0 unspecified atom stereocenters. The van der Waals surface area contributed by atoms with Gasteiger partial charge in [-0.3, -0.25) is 14.5 Å². The standard InChI is InChI=1S/C20H23Cl2N3O2S/c1-13-10-15(22)5-6-16(13)25(18(26)11-21)19(17-4-3-9-28-17)20(27)24-8-7-23-14(2)12-24/h3-6,9-10,14,19,23H,7-8,11-12H2,1-2H3/t14-,19+/m0/s1. The molecule has 1 saturated heterocycles. The molecule has 1 fully saturated rings. The van der Waals surface area contributed by atoms with Gasteiger partial charge >= 0.3 is 0 Å². The van der Waals surface area contributed by atoms with Gasteiger partial charge < -0.3 is 10.2 Å². The molecule has 0 radical (unpaired) electrons. The third kappa shape index (κ3) is 4.51. The van der Waals surface area contributed by atoms with Crippen LogP contribution in [0.25, 0.3) is 0 Å². The summed E-state index contributed by atoms with van der Waals surface area (Å²) in [6, 6.07) is 8.51. The SMILES string of the molecule is Cc1cc(Cl)ccc1N(C(=O)CCl)[C@@H](C(=O)N1CCN[C@@H](C)C1)c1cccs1. The quantitative estimate of drug-likeness (QED) is 0.719. The average molecular weight is 440 g/mol. The molecule has 2 amide bonds. The van der Waals surface area contributed by atoms with Crippen LogP contribution in [-0.2, 0) is 9.59 Å². The lowest BCUT2D eigenvalue weighted by Crippen LogP contribution is -2.55. The number of anilines is 1. The molecule has 3 rings (SSSR count). The summed E-state index contributed by atoms with van der Waals surface area (Å²) in [5.41, 5.74) is 1.46. The molecule has 1 aliphatic rings. The minimum atomic E-state index is -0.753. The first-order valence-corrected chi connectivity index (χ1v) is 10.9. The maximum atomic E-state index is 13.6. The van der Waals surface area contributed by atoms with Gasteiger partial charge in [-0.1, -0.05) is 17.7 Å². The van der Waals surface area contributed by atoms with Crippen LogP contribution in [0.4, 0.5) is 5.69 Å². The maximum absolute atomic E-state index is 13.6. The molecule has 1 aliphatic heterocycles. The van der Waals surface area contributed by atoms with Crippen LogP contribution in [-0.4, -0.2) is 48.3 Å². The summed E-state index contributed by atoms with van der Waals surface area (Å²) >= 11 is 13.5. The van der Waals surface area contributed by atoms with E-state index in [0.717, 1.165) is 17.0 Å². The normalized spacial score (nSPS) is 18.0. The third-order valence-electron chi connectivity index (χ3n) is 4.79. The van der Waals surface area contributed by atoms with Gasteiger partial charge in [0.25, 0.3) is 5.91 Å². The highest BCUT2D eigenvalue weighted by molar-refractivity contribution is 7.10. The number of benzene rings is 1. The number of thiophene rings is 1. The fourth-order valence-electron chi connectivity index (χ4n) is 3.48. The van der Waals surface area contributed by atoms with Crippen molar-refractivity contribution in [1.82, 2.24) is 10.2 Å². The summed E-state index contributed by atoms with van der Waals surface area (Å²) < 4.78 is 0. The van der Waals surface area contributed by atoms with E-state index in [9.17, 15) is 9.59 Å². The van der Waals surface area contributed by atoms with Gasteiger partial charge in [0.05, 0.1) is 0 Å². The maximum Gasteiger partial charge on any atom is 0.251 e. The Kier molecular flexibility index (Phi) is 6.99. The summed E-state index contributed by atoms with van der Waals surface area (Å²) in [6.45, 7) is 5.85. The first-order valence-electron chi connectivity index (χ1n) is 9.12. The number of carbonyl (C=O) groups excluding carboxylic acids is 2. The van der Waals surface area contributed by atoms with E-state index in [1.807, 2.05) is 36.3 Å². The smallest absolute Gasteiger partial charge is 0.251 e. The summed E-state index contributed by atoms with van der Waals surface area (Å²) in [5, 5.41) is 5.83. The molecular formula is C20H23Cl2N3O2S. The first-order chi connectivity index (χ1) is 13.4. The Labute approximate surface area is 179 Å². The van der Waals surface area contributed by atoms with E-state index in [0.29, 0.717) is 23.8 Å². The van der Waals surface area contributed by atoms with Crippen molar-refractivity contribution in [2.75, 3.05) is 30.4 Å². The second kappa shape index (κ2) is 9.27. The van der Waals surface area contributed by atoms with Crippen LogP contribution in [0.5, 0.6) is 0 Å². The van der Waals surface area contributed by atoms with Crippen LogP contribution < -0.4 is 10.2 Å². The largest absolute Gasteiger partial charge is 0.338 e. The van der Waals surface area contributed by atoms with E-state index in [-0.39, 0.29) is 23.7 Å². The number of amides is 2. The van der Waals surface area contributed by atoms with Crippen LogP contribution in [0.3, 0.4) is 0 Å². The summed E-state index contributed by atoms with van der Waals surface area (Å²) in [7, 11) is 0. The summed E-state index contributed by atoms with van der Waals surface area (Å²) in [4.78, 5) is 30.7. The van der Waals surface area contributed by atoms with Crippen LogP contribution in [0.15, 0.2) is 35.7 Å². The van der Waals surface area contributed by atoms with Crippen molar-refractivity contribution >= 4 is 52.0 Å². The van der Waals surface area contributed by atoms with Crippen molar-refractivity contribution in [2.45, 2.75) is 25.9 Å². The lowest BCUT2D eigenvalue weighted by atomic mass is 10.1. The Morgan fingerprint density at radius 2 is 2.18 bits per heavy atom. The zero-order valence-electron chi connectivity index (χ0n) is 15.8. The molecule has 0 bridgehead atoms. The number of alkyl halides is 1. The molecule has 5 nitrogen and oxygen atoms in total. The molecule has 0 spiro atoms. The van der Waals surface area contributed by atoms with E-state index >= 15 is 0 Å². The number of nitrogens with zero attached hydrogens (tertiary/aromatic N) is 2. The minimum absolute atomic E-state index is 0.0939. The van der Waals surface area contributed by atoms with Crippen LogP contribution in [0.1, 0.15) is 23.4 Å². The lowest BCUT2D eigenvalue weighted by molar-refractivity contribution is -0.135. The minimum Gasteiger partial charge on any atom is -0.338 e. The predicted octanol–water partition coefficient (Wildman–Crippen LogP) is 3.84. The van der Waals surface area contributed by atoms with Crippen molar-refractivity contribution in [3.63, 3.8) is 0 Å². The zero-order valence-corrected chi connectivity index (χ0v) is 18.2. The number of piperazine rings is 1. The Hall–Kier alpha value is -1.60. The molecule has 2 heterocycles. The van der Waals surface area contributed by atoms with Gasteiger partial charge in [-0.15, -0.1) is 22.9 Å². The number of rotatable bonds is 5. The van der Waals surface area contributed by atoms with Crippen molar-refractivity contribution in [1.29, 1.82) is 0 Å². The zero-order chi connectivity index (χ0) is 20.3. The molecule has 1 N–H and O–H groups in total. The molecule has 150 valence electrons. The van der Waals surface area contributed by atoms with Crippen molar-refractivity contribution in [3.8, 4) is 0 Å². The van der Waals surface area contributed by atoms with E-state index in [2.05, 4.69) is 5.32 Å². The van der Waals surface area contributed by atoms with Crippen molar-refractivity contribution in [3.05, 3.63) is 51.2 Å². The highest BCUT2D eigenvalue weighted by Gasteiger charge is 2.37. The van der Waals surface area contributed by atoms with Crippen LogP contribution in [0.2, 0.25) is 5.02 Å². The Bertz CT molecular complexity index is 844. The number of hydrogen-bond acceptors (Lipinski definition) is 4. The monoisotopic (exact) mass is 439 g/mol. The molecule has 0 aliphatic carbocycles. The number of hydrogen-bond donors (Lipinski definition) is 1. The second-order valence-electron chi connectivity index (χ2n) is 6.89. The molecule has 1 aromatic heterocycles. The van der Waals surface area contributed by atoms with Gasteiger partial charge in [0.15, 0.2) is 0 Å². The average Bonchev–Trinajstić information content (AvgIpc) is 3.20. The number of nitrogens with one attached hydrogen (secondary N) is 1. The molecule has 2 aromatic rings. The van der Waals surface area contributed by atoms with Gasteiger partial charge in [0, 0.05) is 41.3 Å². The van der Waals surface area contributed by atoms with Gasteiger partial charge in [-0.25, -0.2) is 0 Å². The van der Waals surface area contributed by atoms with E-state index in [1.54, 1.807) is 18.2 Å². The van der Waals surface area contributed by atoms with Crippen LogP contribution >= 0.6 is 34.5 Å². The molecular weight excluding hydrogens is 417 g/mol. The summed E-state index contributed by atoms with van der Waals surface area (Å²) in [5.74, 6) is -0.625. The third-order valence-corrected chi connectivity index (χ3v) is 6.18. The predicted molar refractivity (Wildman–Crippen MR) is 115 cm³/mol. The molecule has 8 heteroatoms. The summed E-state index contributed by atoms with van der Waals surface area (Å²) in [6.07, 6.45) is 0. The highest BCUT2D eigenvalue weighted by Crippen LogP contribution is 2.35. The van der Waals surface area contributed by atoms with Crippen molar-refractivity contribution in [2.24, 2.45) is 0 Å². The highest BCUT2D eigenvalue weighted by atomic mass is 35.5. The van der Waals surface area contributed by atoms with Gasteiger partial charge in [-0.05, 0) is 49.1 Å². The molecule has 1 aromatic carbocycles. The van der Waals surface area contributed by atoms with Gasteiger partial charge in [-0.2, -0.15) is 0 Å². The fraction of sp³-hybridized carbons (Fsp3) is 0.400. The van der Waals surface area contributed by atoms with E-state index in [1.165, 1.54) is 16.2 Å². The number of halogens is 2. The fourth-order valence-corrected chi connectivity index (χ4v) is 4.64. The van der Waals surface area contributed by atoms with Crippen LogP contribution in [0, 0.1) is 6.92 Å². The number of carbonyl (C=O) groups is 2. The van der Waals surface area contributed by atoms with E-state index in [4.69, 9.17) is 23.2 Å². The lowest BCUT2D eigenvalue weighted by Gasteiger charge is -2.38.